The van der Waals surface area contributed by atoms with Gasteiger partial charge >= 0.3 is 6.03 Å². The van der Waals surface area contributed by atoms with Crippen LogP contribution < -0.4 is 16.6 Å². The van der Waals surface area contributed by atoms with E-state index in [2.05, 4.69) is 5.43 Å². The summed E-state index contributed by atoms with van der Waals surface area (Å²) in [5.41, 5.74) is 9.07. The molecule has 5 nitrogen and oxygen atoms in total. The molecule has 0 aliphatic heterocycles. The fourth-order valence-electron chi connectivity index (χ4n) is 0.831. The highest BCUT2D eigenvalue weighted by atomic mass is 35.5. The van der Waals surface area contributed by atoms with Crippen LogP contribution in [-0.4, -0.2) is 11.9 Å². The molecule has 0 radical (unpaired) electrons. The molecule has 4 N–H and O–H groups in total. The van der Waals surface area contributed by atoms with Gasteiger partial charge in [-0.2, -0.15) is 0 Å². The molecule has 0 spiro atoms. The van der Waals surface area contributed by atoms with Gasteiger partial charge in [-0.1, -0.05) is 23.7 Å². The van der Waals surface area contributed by atoms with Crippen molar-refractivity contribution in [3.8, 4) is 0 Å². The van der Waals surface area contributed by atoms with Crippen LogP contribution >= 0.6 is 11.6 Å². The second-order valence-corrected chi connectivity index (χ2v) is 2.83. The van der Waals surface area contributed by atoms with Gasteiger partial charge in [-0.25, -0.2) is 10.2 Å². The average Bonchev–Trinajstić information content (AvgIpc) is 2.15. The van der Waals surface area contributed by atoms with Crippen molar-refractivity contribution in [2.75, 3.05) is 0 Å². The second-order valence-electron chi connectivity index (χ2n) is 2.42. The van der Waals surface area contributed by atoms with Crippen molar-refractivity contribution in [3.63, 3.8) is 0 Å². The number of nitrogens with one attached hydrogen (secondary N) is 2. The van der Waals surface area contributed by atoms with Crippen molar-refractivity contribution >= 4 is 23.5 Å². The van der Waals surface area contributed by atoms with Crippen molar-refractivity contribution in [2.45, 2.75) is 0 Å². The van der Waals surface area contributed by atoms with E-state index in [1.165, 1.54) is 6.07 Å². The number of urea groups is 1. The number of hydrogen-bond acceptors (Lipinski definition) is 2. The number of benzene rings is 1. The molecular formula is C8H8ClN3O2. The number of rotatable bonds is 1. The van der Waals surface area contributed by atoms with E-state index in [0.29, 0.717) is 5.02 Å². The summed E-state index contributed by atoms with van der Waals surface area (Å²) < 4.78 is 0. The summed E-state index contributed by atoms with van der Waals surface area (Å²) in [7, 11) is 0. The molecule has 0 fully saturated rings. The second kappa shape index (κ2) is 4.48. The van der Waals surface area contributed by atoms with Crippen LogP contribution in [0.15, 0.2) is 24.3 Å². The average molecular weight is 214 g/mol. The molecule has 6 heteroatoms. The van der Waals surface area contributed by atoms with Gasteiger partial charge in [0.15, 0.2) is 0 Å². The quantitative estimate of drug-likeness (QED) is 0.599. The Bertz CT molecular complexity index is 367. The van der Waals surface area contributed by atoms with Gasteiger partial charge in [-0.15, -0.1) is 0 Å². The zero-order chi connectivity index (χ0) is 10.6. The number of primary amides is 1. The summed E-state index contributed by atoms with van der Waals surface area (Å²) in [5, 5.41) is 0.302. The van der Waals surface area contributed by atoms with E-state index >= 15 is 0 Å². The zero-order valence-corrected chi connectivity index (χ0v) is 7.84. The number of carbonyl (C=O) groups excluding carboxylic acids is 2. The van der Waals surface area contributed by atoms with Crippen molar-refractivity contribution in [1.82, 2.24) is 10.9 Å². The highest BCUT2D eigenvalue weighted by Gasteiger charge is 2.08. The molecule has 1 aromatic rings. The van der Waals surface area contributed by atoms with Gasteiger partial charge in [0.2, 0.25) is 0 Å². The van der Waals surface area contributed by atoms with E-state index in [1.54, 1.807) is 18.2 Å². The molecule has 0 saturated heterocycles. The molecule has 0 aromatic heterocycles. The van der Waals surface area contributed by atoms with E-state index in [4.69, 9.17) is 17.3 Å². The summed E-state index contributed by atoms with van der Waals surface area (Å²) >= 11 is 5.73. The third-order valence-electron chi connectivity index (χ3n) is 1.42. The molecule has 1 aromatic carbocycles. The van der Waals surface area contributed by atoms with Crippen LogP contribution in [0.2, 0.25) is 5.02 Å². The van der Waals surface area contributed by atoms with Crippen LogP contribution in [0.5, 0.6) is 0 Å². The van der Waals surface area contributed by atoms with Crippen LogP contribution in [-0.2, 0) is 0 Å². The maximum atomic E-state index is 11.3. The van der Waals surface area contributed by atoms with E-state index in [1.807, 2.05) is 5.43 Å². The minimum Gasteiger partial charge on any atom is -0.350 e. The molecule has 14 heavy (non-hydrogen) atoms. The Kier molecular flexibility index (Phi) is 3.30. The lowest BCUT2D eigenvalue weighted by atomic mass is 10.2. The lowest BCUT2D eigenvalue weighted by Gasteiger charge is -2.05. The minimum absolute atomic E-state index is 0.267. The molecule has 74 valence electrons. The maximum absolute atomic E-state index is 11.3. The van der Waals surface area contributed by atoms with Crippen molar-refractivity contribution < 1.29 is 9.59 Å². The van der Waals surface area contributed by atoms with Crippen LogP contribution in [0.1, 0.15) is 10.4 Å². The summed E-state index contributed by atoms with van der Waals surface area (Å²) in [6.45, 7) is 0. The molecule has 0 bridgehead atoms. The number of hydrogen-bond donors (Lipinski definition) is 3. The van der Waals surface area contributed by atoms with Gasteiger partial charge in [-0.05, 0) is 12.1 Å². The lowest BCUT2D eigenvalue weighted by Crippen LogP contribution is -2.44. The third kappa shape index (κ3) is 2.63. The van der Waals surface area contributed by atoms with E-state index < -0.39 is 11.9 Å². The van der Waals surface area contributed by atoms with E-state index in [0.717, 1.165) is 0 Å². The lowest BCUT2D eigenvalue weighted by molar-refractivity contribution is 0.0937. The first-order chi connectivity index (χ1) is 6.61. The van der Waals surface area contributed by atoms with Crippen LogP contribution in [0.3, 0.4) is 0 Å². The molecule has 0 aliphatic carbocycles. The molecular weight excluding hydrogens is 206 g/mol. The summed E-state index contributed by atoms with van der Waals surface area (Å²) in [6.07, 6.45) is 0. The first kappa shape index (κ1) is 10.3. The van der Waals surface area contributed by atoms with Gasteiger partial charge in [0.25, 0.3) is 5.91 Å². The molecule has 0 atom stereocenters. The Morgan fingerprint density at radius 1 is 1.21 bits per heavy atom. The van der Waals surface area contributed by atoms with Crippen LogP contribution in [0.25, 0.3) is 0 Å². The predicted molar refractivity (Wildman–Crippen MR) is 51.6 cm³/mol. The SMILES string of the molecule is NC(=O)NNC(=O)c1ccccc1Cl. The number of halogens is 1. The number of nitrogens with two attached hydrogens (primary N) is 1. The van der Waals surface area contributed by atoms with Crippen molar-refractivity contribution in [2.24, 2.45) is 5.73 Å². The summed E-state index contributed by atoms with van der Waals surface area (Å²) in [5.74, 6) is -0.519. The summed E-state index contributed by atoms with van der Waals surface area (Å²) in [4.78, 5) is 21.6. The molecule has 3 amide bonds. The monoisotopic (exact) mass is 213 g/mol. The fourth-order valence-corrected chi connectivity index (χ4v) is 1.05. The van der Waals surface area contributed by atoms with Crippen molar-refractivity contribution in [3.05, 3.63) is 34.9 Å². The Morgan fingerprint density at radius 2 is 1.86 bits per heavy atom. The zero-order valence-electron chi connectivity index (χ0n) is 7.08. The standard InChI is InChI=1S/C8H8ClN3O2/c9-6-4-2-1-3-5(6)7(13)11-12-8(10)14/h1-4H,(H,11,13)(H3,10,12,14). The molecule has 1 rings (SSSR count). The van der Waals surface area contributed by atoms with Crippen molar-refractivity contribution in [1.29, 1.82) is 0 Å². The smallest absolute Gasteiger partial charge is 0.330 e. The first-order valence-corrected chi connectivity index (χ1v) is 4.09. The Labute approximate surface area is 85.2 Å². The fraction of sp³-hybridized carbons (Fsp3) is 0. The Morgan fingerprint density at radius 3 is 2.43 bits per heavy atom. The molecule has 0 aliphatic rings. The molecule has 0 saturated carbocycles. The molecule has 0 unspecified atom stereocenters. The number of hydrazine groups is 1. The van der Waals surface area contributed by atoms with E-state index in [9.17, 15) is 9.59 Å². The van der Waals surface area contributed by atoms with Gasteiger partial charge in [0.1, 0.15) is 0 Å². The normalized spacial score (nSPS) is 9.21. The minimum atomic E-state index is -0.842. The Hall–Kier alpha value is -1.75. The van der Waals surface area contributed by atoms with Gasteiger partial charge in [0, 0.05) is 0 Å². The first-order valence-electron chi connectivity index (χ1n) is 3.71. The van der Waals surface area contributed by atoms with Gasteiger partial charge < -0.3 is 5.73 Å². The Balaban J connectivity index is 2.70. The topological polar surface area (TPSA) is 84.2 Å². The number of carbonyl (C=O) groups is 2. The van der Waals surface area contributed by atoms with Gasteiger partial charge in [-0.3, -0.25) is 10.2 Å². The third-order valence-corrected chi connectivity index (χ3v) is 1.75. The van der Waals surface area contributed by atoms with Crippen LogP contribution in [0, 0.1) is 0 Å². The van der Waals surface area contributed by atoms with E-state index in [-0.39, 0.29) is 5.56 Å². The highest BCUT2D eigenvalue weighted by Crippen LogP contribution is 2.13. The maximum Gasteiger partial charge on any atom is 0.330 e. The van der Waals surface area contributed by atoms with Crippen LogP contribution in [0.4, 0.5) is 4.79 Å². The highest BCUT2D eigenvalue weighted by molar-refractivity contribution is 6.33. The molecule has 0 heterocycles. The van der Waals surface area contributed by atoms with Gasteiger partial charge in [0.05, 0.1) is 10.6 Å². The largest absolute Gasteiger partial charge is 0.350 e. The predicted octanol–water partition coefficient (Wildman–Crippen LogP) is 0.653. The summed E-state index contributed by atoms with van der Waals surface area (Å²) in [6, 6.07) is 5.61. The number of amides is 3.